The van der Waals surface area contributed by atoms with Crippen LogP contribution >= 0.6 is 0 Å². The SMILES string of the molecule is Fc1c(F)c(F)c([B-](c2c(F)c(F)c(F)c(F)c2F)(c2c(F)c(F)c(F)c(F)c2F)c2c(F)c(F)c(F)c(F)c2F)c(F)c1F.[N-]=[N+]=Nc1cccc(OC(=O)c2ccc3ccccc3[n+]2CC(=O)c2ccccc2)c1. The normalized spacial score (nSPS) is 11.3. The quantitative estimate of drug-likeness (QED) is 0.0117. The molecule has 0 atom stereocenters. The number of azide groups is 1. The first kappa shape index (κ1) is 54.8. The largest absolute Gasteiger partial charge is 0.419 e. The fraction of sp³-hybridized carbons (Fsp3) is 0.0208. The van der Waals surface area contributed by atoms with Crippen LogP contribution in [-0.2, 0) is 6.54 Å². The Kier molecular flexibility index (Phi) is 15.2. The van der Waals surface area contributed by atoms with Gasteiger partial charge >= 0.3 is 5.97 Å². The van der Waals surface area contributed by atoms with E-state index in [-0.39, 0.29) is 23.8 Å². The van der Waals surface area contributed by atoms with Gasteiger partial charge < -0.3 is 4.74 Å². The number of rotatable bonds is 10. The third-order valence-corrected chi connectivity index (χ3v) is 11.4. The standard InChI is InChI=1S/C24BF20.C24H17N4O3/c26-5-1(6(27)14(35)21(42)13(5)34)25(2-7(28)15(36)22(43)16(37)8(2)29,3-9(30)17(38)23(44)18(39)10(3)31)4-11(32)19(40)24(45)20(41)12(4)33;25-27-26-19-10-6-11-20(15-19)31-24(30)22-14-13-17-7-4-5-12-21(17)28(22)16-23(29)18-8-2-1-3-9-18/h;1-15H,16H2/q-1;+1. The van der Waals surface area contributed by atoms with Crippen LogP contribution in [0.25, 0.3) is 21.3 Å². The molecule has 1 heterocycles. The second-order valence-electron chi connectivity index (χ2n) is 15.5. The van der Waals surface area contributed by atoms with E-state index < -0.39 is 150 Å². The van der Waals surface area contributed by atoms with E-state index in [1.165, 1.54) is 6.07 Å². The summed E-state index contributed by atoms with van der Waals surface area (Å²) in [5.41, 5.74) is -3.86. The molecule has 0 radical (unpaired) electrons. The summed E-state index contributed by atoms with van der Waals surface area (Å²) in [5.74, 6) is -71.9. The van der Waals surface area contributed by atoms with Gasteiger partial charge in [0, 0.05) is 33.7 Å². The highest BCUT2D eigenvalue weighted by molar-refractivity contribution is 7.20. The van der Waals surface area contributed by atoms with Crippen LogP contribution in [0.5, 0.6) is 5.75 Å². The lowest BCUT2D eigenvalue weighted by Crippen LogP contribution is -2.81. The summed E-state index contributed by atoms with van der Waals surface area (Å²) in [6.07, 6.45) is -7.22. The van der Waals surface area contributed by atoms with Crippen LogP contribution in [0.4, 0.5) is 93.5 Å². The van der Waals surface area contributed by atoms with Gasteiger partial charge in [0.15, 0.2) is 69.8 Å². The molecule has 76 heavy (non-hydrogen) atoms. The lowest BCUT2D eigenvalue weighted by Gasteiger charge is -2.44. The van der Waals surface area contributed by atoms with Gasteiger partial charge in [-0.1, -0.05) is 59.7 Å². The summed E-state index contributed by atoms with van der Waals surface area (Å²) in [4.78, 5) is 28.6. The average molecular weight is 1090 g/mol. The van der Waals surface area contributed by atoms with E-state index in [2.05, 4.69) is 10.0 Å². The molecule has 1 aromatic heterocycles. The van der Waals surface area contributed by atoms with Gasteiger partial charge in [0.2, 0.25) is 17.8 Å². The number of aromatic nitrogens is 1. The van der Waals surface area contributed by atoms with Crippen molar-refractivity contribution in [2.75, 3.05) is 0 Å². The maximum absolute atomic E-state index is 15.4. The van der Waals surface area contributed by atoms with Crippen LogP contribution in [0.1, 0.15) is 20.8 Å². The van der Waals surface area contributed by atoms with Crippen molar-refractivity contribution in [3.63, 3.8) is 0 Å². The van der Waals surface area contributed by atoms with Crippen LogP contribution in [-0.4, -0.2) is 17.9 Å². The molecule has 0 aliphatic heterocycles. The fourth-order valence-corrected chi connectivity index (χ4v) is 8.16. The zero-order chi connectivity index (χ0) is 56.0. The second kappa shape index (κ2) is 21.1. The molecule has 0 aliphatic rings. The number of nitrogens with zero attached hydrogens (tertiary/aromatic N) is 4. The number of halogens is 20. The Morgan fingerprint density at radius 3 is 1.21 bits per heavy atom. The summed E-state index contributed by atoms with van der Waals surface area (Å²) in [5, 5.41) is 4.41. The second-order valence-corrected chi connectivity index (χ2v) is 15.5. The molecule has 0 saturated carbocycles. The number of Topliss-reactive ketones (excluding diaryl/α,β-unsaturated/α-hetero) is 1. The predicted octanol–water partition coefficient (Wildman–Crippen LogP) is 11.0. The van der Waals surface area contributed by atoms with Crippen molar-refractivity contribution in [1.29, 1.82) is 0 Å². The van der Waals surface area contributed by atoms with Gasteiger partial charge in [0.1, 0.15) is 58.4 Å². The van der Waals surface area contributed by atoms with Crippen LogP contribution in [0.2, 0.25) is 0 Å². The lowest BCUT2D eigenvalue weighted by molar-refractivity contribution is -0.659. The molecule has 0 saturated heterocycles. The Bertz CT molecular complexity index is 3410. The zero-order valence-corrected chi connectivity index (χ0v) is 36.5. The van der Waals surface area contributed by atoms with E-state index in [1.807, 2.05) is 36.4 Å². The molecule has 0 amide bonds. The van der Waals surface area contributed by atoms with Gasteiger partial charge in [0.05, 0.1) is 0 Å². The molecule has 0 N–H and O–H groups in total. The summed E-state index contributed by atoms with van der Waals surface area (Å²) in [6.45, 7) is -0.0193. The van der Waals surface area contributed by atoms with Crippen LogP contribution in [0.15, 0.2) is 96.1 Å². The topological polar surface area (TPSA) is 96.0 Å². The highest BCUT2D eigenvalue weighted by Gasteiger charge is 2.52. The number of hydrogen-bond donors (Lipinski definition) is 0. The number of esters is 1. The third kappa shape index (κ3) is 9.02. The van der Waals surface area contributed by atoms with Crippen molar-refractivity contribution in [2.24, 2.45) is 5.11 Å². The molecular weight excluding hydrogens is 1070 g/mol. The van der Waals surface area contributed by atoms with Crippen molar-refractivity contribution in [3.05, 3.63) is 229 Å². The first-order valence-electron chi connectivity index (χ1n) is 20.5. The number of carbonyl (C=O) groups is 2. The first-order chi connectivity index (χ1) is 35.9. The Hall–Kier alpha value is -8.94. The van der Waals surface area contributed by atoms with E-state index in [1.54, 1.807) is 53.1 Å². The minimum absolute atomic E-state index is 0.0193. The average Bonchev–Trinajstić information content (AvgIpc) is 3.43. The van der Waals surface area contributed by atoms with Gasteiger partial charge in [-0.15, -0.1) is 21.9 Å². The molecule has 0 spiro atoms. The molecule has 8 aromatic rings. The Morgan fingerprint density at radius 2 is 0.816 bits per heavy atom. The molecule has 0 aliphatic carbocycles. The van der Waals surface area contributed by atoms with E-state index in [9.17, 15) is 62.3 Å². The number of pyridine rings is 1. The molecule has 0 bridgehead atoms. The van der Waals surface area contributed by atoms with Gasteiger partial charge in [0.25, 0.3) is 5.69 Å². The van der Waals surface area contributed by atoms with Gasteiger partial charge in [-0.3, -0.25) is 4.79 Å². The highest BCUT2D eigenvalue weighted by Crippen LogP contribution is 2.31. The number of ether oxygens (including phenoxy) is 1. The molecule has 8 rings (SSSR count). The minimum atomic E-state index is -7.22. The number of fused-ring (bicyclic) bond motifs is 1. The number of ketones is 1. The van der Waals surface area contributed by atoms with E-state index in [0.29, 0.717) is 11.3 Å². The number of para-hydroxylation sites is 1. The van der Waals surface area contributed by atoms with Crippen molar-refractivity contribution < 1.29 is 107 Å². The fourth-order valence-electron chi connectivity index (χ4n) is 8.16. The molecule has 7 aromatic carbocycles. The van der Waals surface area contributed by atoms with Gasteiger partial charge in [-0.05, 0) is 29.8 Å². The number of carbonyl (C=O) groups excluding carboxylic acids is 2. The van der Waals surface area contributed by atoms with E-state index in [0.717, 1.165) is 10.9 Å². The van der Waals surface area contributed by atoms with Crippen molar-refractivity contribution in [1.82, 2.24) is 0 Å². The number of benzene rings is 7. The summed E-state index contributed by atoms with van der Waals surface area (Å²) in [7, 11) is 0. The molecule has 7 nitrogen and oxygen atoms in total. The minimum Gasteiger partial charge on any atom is -0.419 e. The number of hydrogen-bond acceptors (Lipinski definition) is 4. The first-order valence-corrected chi connectivity index (χ1v) is 20.5. The summed E-state index contributed by atoms with van der Waals surface area (Å²) < 4.78 is 301. The van der Waals surface area contributed by atoms with Gasteiger partial charge in [-0.2, -0.15) is 4.57 Å². The third-order valence-electron chi connectivity index (χ3n) is 11.4. The maximum atomic E-state index is 15.4. The maximum Gasteiger partial charge on any atom is 0.409 e. The summed E-state index contributed by atoms with van der Waals surface area (Å²) in [6, 6.07) is 26.2. The van der Waals surface area contributed by atoms with Crippen molar-refractivity contribution in [2.45, 2.75) is 6.54 Å². The molecule has 28 heteroatoms. The Balaban J connectivity index is 0.000000236. The van der Waals surface area contributed by atoms with E-state index in [4.69, 9.17) is 10.3 Å². The van der Waals surface area contributed by atoms with Gasteiger partial charge in [-0.25, -0.2) is 92.6 Å². The monoisotopic (exact) mass is 1090 g/mol. The Labute approximate surface area is 409 Å². The predicted molar refractivity (Wildman–Crippen MR) is 224 cm³/mol. The summed E-state index contributed by atoms with van der Waals surface area (Å²) >= 11 is 0. The van der Waals surface area contributed by atoms with Crippen molar-refractivity contribution in [3.8, 4) is 5.75 Å². The smallest absolute Gasteiger partial charge is 0.409 e. The van der Waals surface area contributed by atoms with E-state index >= 15 is 35.1 Å². The molecule has 0 fully saturated rings. The van der Waals surface area contributed by atoms with Crippen LogP contribution in [0.3, 0.4) is 0 Å². The molecule has 0 unspecified atom stereocenters. The Morgan fingerprint density at radius 1 is 0.447 bits per heavy atom. The van der Waals surface area contributed by atoms with Crippen LogP contribution < -0.4 is 31.2 Å². The molecular formula is C48H17BF20N4O3. The highest BCUT2D eigenvalue weighted by atomic mass is 19.2. The lowest BCUT2D eigenvalue weighted by atomic mass is 9.12. The zero-order valence-electron chi connectivity index (χ0n) is 36.5. The molecule has 390 valence electrons. The van der Waals surface area contributed by atoms with Crippen LogP contribution in [0, 0.1) is 116 Å². The van der Waals surface area contributed by atoms with Crippen molar-refractivity contribution >= 4 is 56.3 Å².